The molecule has 0 spiro atoms. The zero-order valence-corrected chi connectivity index (χ0v) is 12.5. The standard InChI is InChI=1S/C16H27N3/c1-4-10-19-11-8-14(9-12-19)17-15-6-5-7-16(13-15)18(2)3/h5-7,13-14,17H,4,8-12H2,1-3H3. The van der Waals surface area contributed by atoms with Crippen molar-refractivity contribution in [1.82, 2.24) is 4.90 Å². The van der Waals surface area contributed by atoms with Crippen LogP contribution in [0.1, 0.15) is 26.2 Å². The zero-order chi connectivity index (χ0) is 13.7. The predicted molar refractivity (Wildman–Crippen MR) is 84.1 cm³/mol. The predicted octanol–water partition coefficient (Wildman–Crippen LogP) is 3.04. The van der Waals surface area contributed by atoms with Crippen molar-refractivity contribution >= 4 is 11.4 Å². The molecule has 0 radical (unpaired) electrons. The highest BCUT2D eigenvalue weighted by atomic mass is 15.1. The van der Waals surface area contributed by atoms with Crippen molar-refractivity contribution < 1.29 is 0 Å². The first-order valence-corrected chi connectivity index (χ1v) is 7.45. The largest absolute Gasteiger partial charge is 0.382 e. The molecular formula is C16H27N3. The number of benzene rings is 1. The molecule has 1 aromatic rings. The molecule has 0 unspecified atom stereocenters. The molecule has 0 atom stereocenters. The molecule has 1 heterocycles. The maximum Gasteiger partial charge on any atom is 0.0381 e. The van der Waals surface area contributed by atoms with E-state index < -0.39 is 0 Å². The van der Waals surface area contributed by atoms with Gasteiger partial charge >= 0.3 is 0 Å². The van der Waals surface area contributed by atoms with E-state index in [4.69, 9.17) is 0 Å². The molecule has 0 aliphatic carbocycles. The Labute approximate surface area is 117 Å². The van der Waals surface area contributed by atoms with Crippen LogP contribution in [-0.4, -0.2) is 44.7 Å². The minimum Gasteiger partial charge on any atom is -0.382 e. The van der Waals surface area contributed by atoms with Crippen LogP contribution in [0.2, 0.25) is 0 Å². The lowest BCUT2D eigenvalue weighted by Crippen LogP contribution is -2.39. The molecule has 1 aromatic carbocycles. The second kappa shape index (κ2) is 6.80. The van der Waals surface area contributed by atoms with Gasteiger partial charge in [-0.2, -0.15) is 0 Å². The highest BCUT2D eigenvalue weighted by molar-refractivity contribution is 5.57. The maximum atomic E-state index is 3.69. The number of hydrogen-bond donors (Lipinski definition) is 1. The molecule has 3 heteroatoms. The van der Waals surface area contributed by atoms with E-state index in [9.17, 15) is 0 Å². The van der Waals surface area contributed by atoms with Crippen molar-refractivity contribution in [3.05, 3.63) is 24.3 Å². The van der Waals surface area contributed by atoms with Crippen LogP contribution in [0.4, 0.5) is 11.4 Å². The van der Waals surface area contributed by atoms with Gasteiger partial charge in [-0.15, -0.1) is 0 Å². The number of nitrogens with one attached hydrogen (secondary N) is 1. The fraction of sp³-hybridized carbons (Fsp3) is 0.625. The zero-order valence-electron chi connectivity index (χ0n) is 12.5. The van der Waals surface area contributed by atoms with E-state index in [1.54, 1.807) is 0 Å². The fourth-order valence-corrected chi connectivity index (χ4v) is 2.73. The Hall–Kier alpha value is -1.22. The van der Waals surface area contributed by atoms with Gasteiger partial charge in [0.2, 0.25) is 0 Å². The Bertz CT molecular complexity index is 381. The Morgan fingerprint density at radius 1 is 1.26 bits per heavy atom. The summed E-state index contributed by atoms with van der Waals surface area (Å²) in [5.41, 5.74) is 2.51. The lowest BCUT2D eigenvalue weighted by Gasteiger charge is -2.32. The summed E-state index contributed by atoms with van der Waals surface area (Å²) in [6.45, 7) is 5.98. The van der Waals surface area contributed by atoms with Crippen LogP contribution >= 0.6 is 0 Å². The van der Waals surface area contributed by atoms with Gasteiger partial charge in [0.15, 0.2) is 0 Å². The average molecular weight is 261 g/mol. The van der Waals surface area contributed by atoms with Gasteiger partial charge in [-0.1, -0.05) is 13.0 Å². The first kappa shape index (κ1) is 14.2. The van der Waals surface area contributed by atoms with E-state index >= 15 is 0 Å². The van der Waals surface area contributed by atoms with E-state index in [1.807, 2.05) is 0 Å². The summed E-state index contributed by atoms with van der Waals surface area (Å²) in [7, 11) is 4.17. The third-order valence-corrected chi connectivity index (χ3v) is 3.86. The number of piperidine rings is 1. The molecule has 1 saturated heterocycles. The number of nitrogens with zero attached hydrogens (tertiary/aromatic N) is 2. The number of hydrogen-bond acceptors (Lipinski definition) is 3. The first-order valence-electron chi connectivity index (χ1n) is 7.45. The number of likely N-dealkylation sites (tertiary alicyclic amines) is 1. The molecule has 1 aliphatic rings. The van der Waals surface area contributed by atoms with E-state index in [0.29, 0.717) is 6.04 Å². The summed E-state index contributed by atoms with van der Waals surface area (Å²) in [6, 6.07) is 9.31. The van der Waals surface area contributed by atoms with Gasteiger partial charge < -0.3 is 15.1 Å². The summed E-state index contributed by atoms with van der Waals surface area (Å²) < 4.78 is 0. The summed E-state index contributed by atoms with van der Waals surface area (Å²) >= 11 is 0. The van der Waals surface area contributed by atoms with Crippen molar-refractivity contribution in [1.29, 1.82) is 0 Å². The Kier molecular flexibility index (Phi) is 5.08. The van der Waals surface area contributed by atoms with Gasteiger partial charge in [0, 0.05) is 44.6 Å². The average Bonchev–Trinajstić information content (AvgIpc) is 2.42. The molecule has 0 amide bonds. The molecule has 0 aromatic heterocycles. The minimum atomic E-state index is 0.630. The van der Waals surface area contributed by atoms with E-state index in [2.05, 4.69) is 60.4 Å². The molecule has 1 aliphatic heterocycles. The lowest BCUT2D eigenvalue weighted by molar-refractivity contribution is 0.219. The van der Waals surface area contributed by atoms with Crippen molar-refractivity contribution in [2.24, 2.45) is 0 Å². The minimum absolute atomic E-state index is 0.630. The summed E-state index contributed by atoms with van der Waals surface area (Å²) in [4.78, 5) is 4.73. The maximum absolute atomic E-state index is 3.69. The summed E-state index contributed by atoms with van der Waals surface area (Å²) in [5, 5.41) is 3.69. The number of rotatable bonds is 5. The Morgan fingerprint density at radius 3 is 2.63 bits per heavy atom. The Morgan fingerprint density at radius 2 is 2.00 bits per heavy atom. The van der Waals surface area contributed by atoms with Crippen LogP contribution in [0.25, 0.3) is 0 Å². The van der Waals surface area contributed by atoms with E-state index in [0.717, 1.165) is 0 Å². The highest BCUT2D eigenvalue weighted by Crippen LogP contribution is 2.21. The summed E-state index contributed by atoms with van der Waals surface area (Å²) in [5.74, 6) is 0. The van der Waals surface area contributed by atoms with Crippen molar-refractivity contribution in [3.63, 3.8) is 0 Å². The van der Waals surface area contributed by atoms with E-state index in [-0.39, 0.29) is 0 Å². The van der Waals surface area contributed by atoms with Crippen LogP contribution < -0.4 is 10.2 Å². The topological polar surface area (TPSA) is 18.5 Å². The van der Waals surface area contributed by atoms with Crippen molar-refractivity contribution in [3.8, 4) is 0 Å². The van der Waals surface area contributed by atoms with Crippen molar-refractivity contribution in [2.45, 2.75) is 32.2 Å². The van der Waals surface area contributed by atoms with Crippen LogP contribution in [0, 0.1) is 0 Å². The van der Waals surface area contributed by atoms with Gasteiger partial charge in [-0.05, 0) is 44.0 Å². The van der Waals surface area contributed by atoms with Gasteiger partial charge in [0.25, 0.3) is 0 Å². The summed E-state index contributed by atoms with van der Waals surface area (Å²) in [6.07, 6.45) is 3.78. The van der Waals surface area contributed by atoms with Gasteiger partial charge in [0.1, 0.15) is 0 Å². The lowest BCUT2D eigenvalue weighted by atomic mass is 10.0. The smallest absolute Gasteiger partial charge is 0.0381 e. The molecule has 3 nitrogen and oxygen atoms in total. The molecular weight excluding hydrogens is 234 g/mol. The van der Waals surface area contributed by atoms with Crippen LogP contribution in [0.3, 0.4) is 0 Å². The van der Waals surface area contributed by atoms with Crippen LogP contribution in [0.15, 0.2) is 24.3 Å². The Balaban J connectivity index is 1.87. The molecule has 1 N–H and O–H groups in total. The molecule has 1 fully saturated rings. The van der Waals surface area contributed by atoms with E-state index in [1.165, 1.54) is 50.3 Å². The third kappa shape index (κ3) is 4.13. The first-order chi connectivity index (χ1) is 9.19. The molecule has 0 saturated carbocycles. The fourth-order valence-electron chi connectivity index (χ4n) is 2.73. The SMILES string of the molecule is CCCN1CCC(Nc2cccc(N(C)C)c2)CC1. The highest BCUT2D eigenvalue weighted by Gasteiger charge is 2.18. The quantitative estimate of drug-likeness (QED) is 0.879. The number of anilines is 2. The van der Waals surface area contributed by atoms with Gasteiger partial charge in [0.05, 0.1) is 0 Å². The van der Waals surface area contributed by atoms with Crippen LogP contribution in [-0.2, 0) is 0 Å². The molecule has 19 heavy (non-hydrogen) atoms. The second-order valence-electron chi connectivity index (χ2n) is 5.71. The molecule has 0 bridgehead atoms. The molecule has 2 rings (SSSR count). The van der Waals surface area contributed by atoms with Gasteiger partial charge in [-0.3, -0.25) is 0 Å². The normalized spacial score (nSPS) is 17.4. The van der Waals surface area contributed by atoms with Crippen molar-refractivity contribution in [2.75, 3.05) is 43.9 Å². The monoisotopic (exact) mass is 261 g/mol. The third-order valence-electron chi connectivity index (χ3n) is 3.86. The van der Waals surface area contributed by atoms with Crippen LogP contribution in [0.5, 0.6) is 0 Å². The van der Waals surface area contributed by atoms with Gasteiger partial charge in [-0.25, -0.2) is 0 Å². The second-order valence-corrected chi connectivity index (χ2v) is 5.71. The molecule has 106 valence electrons.